The highest BCUT2D eigenvalue weighted by atomic mass is 16.6. The van der Waals surface area contributed by atoms with Crippen LogP contribution in [-0.4, -0.2) is 28.3 Å². The number of hydrogen-bond acceptors (Lipinski definition) is 3. The third kappa shape index (κ3) is 4.39. The average molecular weight is 351 g/mol. The monoisotopic (exact) mass is 350 g/mol. The third-order valence-electron chi connectivity index (χ3n) is 6.19. The number of carbonyl (C=O) groups excluding carboxylic acids is 1. The molecule has 2 aliphatic heterocycles. The Kier molecular flexibility index (Phi) is 5.25. The van der Waals surface area contributed by atoms with Gasteiger partial charge in [-0.2, -0.15) is 0 Å². The lowest BCUT2D eigenvalue weighted by Crippen LogP contribution is -2.65. The molecule has 25 heavy (non-hydrogen) atoms. The summed E-state index contributed by atoms with van der Waals surface area (Å²) in [6, 6.07) is 0. The molecule has 0 bridgehead atoms. The Hall–Kier alpha value is -0.610. The SMILES string of the molecule is CC1(C)CC2(CC(C)(C)N1)OC1(CCCCCCCCCC1)NC2=O. The molecule has 3 rings (SSSR count). The second-order valence-electron chi connectivity index (χ2n) is 10.1. The lowest BCUT2D eigenvalue weighted by atomic mass is 9.72. The molecule has 2 heterocycles. The van der Waals surface area contributed by atoms with Crippen molar-refractivity contribution >= 4 is 5.91 Å². The number of rotatable bonds is 0. The van der Waals surface area contributed by atoms with Gasteiger partial charge in [-0.25, -0.2) is 0 Å². The van der Waals surface area contributed by atoms with Crippen LogP contribution in [0.25, 0.3) is 0 Å². The largest absolute Gasteiger partial charge is 0.339 e. The van der Waals surface area contributed by atoms with Gasteiger partial charge in [0.05, 0.1) is 0 Å². The van der Waals surface area contributed by atoms with Crippen molar-refractivity contribution in [2.75, 3.05) is 0 Å². The van der Waals surface area contributed by atoms with Gasteiger partial charge >= 0.3 is 0 Å². The molecule has 0 aromatic carbocycles. The molecule has 2 saturated heterocycles. The molecular weight excluding hydrogens is 312 g/mol. The van der Waals surface area contributed by atoms with Crippen LogP contribution < -0.4 is 10.6 Å². The quantitative estimate of drug-likeness (QED) is 0.680. The minimum absolute atomic E-state index is 0.0991. The number of hydrogen-bond donors (Lipinski definition) is 2. The van der Waals surface area contributed by atoms with Crippen LogP contribution in [0.3, 0.4) is 0 Å². The van der Waals surface area contributed by atoms with Crippen LogP contribution in [0.2, 0.25) is 0 Å². The van der Waals surface area contributed by atoms with E-state index in [9.17, 15) is 4.79 Å². The van der Waals surface area contributed by atoms with Crippen molar-refractivity contribution in [2.45, 2.75) is 127 Å². The van der Waals surface area contributed by atoms with Crippen LogP contribution in [0.5, 0.6) is 0 Å². The Labute approximate surface area is 153 Å². The van der Waals surface area contributed by atoms with Gasteiger partial charge in [0.1, 0.15) is 5.72 Å². The molecule has 0 unspecified atom stereocenters. The standard InChI is InChI=1S/C21H38N2O2/c1-18(2)15-20(16-19(3,4)23-18)17(24)22-21(25-20)13-11-9-7-5-6-8-10-12-14-21/h23H,5-16H2,1-4H3,(H,22,24). The van der Waals surface area contributed by atoms with Crippen molar-refractivity contribution in [1.82, 2.24) is 10.6 Å². The molecule has 1 aliphatic carbocycles. The van der Waals surface area contributed by atoms with Crippen LogP contribution >= 0.6 is 0 Å². The molecule has 1 amide bonds. The zero-order valence-corrected chi connectivity index (χ0v) is 16.8. The van der Waals surface area contributed by atoms with Gasteiger partial charge in [-0.1, -0.05) is 38.5 Å². The minimum atomic E-state index is -0.668. The fourth-order valence-corrected chi connectivity index (χ4v) is 5.73. The Morgan fingerprint density at radius 1 is 0.760 bits per heavy atom. The lowest BCUT2D eigenvalue weighted by molar-refractivity contribution is -0.165. The fraction of sp³-hybridized carbons (Fsp3) is 0.952. The average Bonchev–Trinajstić information content (AvgIpc) is 2.67. The van der Waals surface area contributed by atoms with Crippen LogP contribution in [-0.2, 0) is 9.53 Å². The Morgan fingerprint density at radius 2 is 1.20 bits per heavy atom. The van der Waals surface area contributed by atoms with Crippen LogP contribution in [0.1, 0.15) is 105 Å². The Morgan fingerprint density at radius 3 is 1.68 bits per heavy atom. The summed E-state index contributed by atoms with van der Waals surface area (Å²) in [7, 11) is 0. The normalized spacial score (nSPS) is 31.4. The maximum atomic E-state index is 13.2. The van der Waals surface area contributed by atoms with Crippen LogP contribution in [0.4, 0.5) is 0 Å². The molecule has 4 heteroatoms. The zero-order valence-electron chi connectivity index (χ0n) is 16.8. The summed E-state index contributed by atoms with van der Waals surface area (Å²) in [4.78, 5) is 13.2. The molecule has 144 valence electrons. The summed E-state index contributed by atoms with van der Waals surface area (Å²) in [5.41, 5.74) is -1.29. The highest BCUT2D eigenvalue weighted by Crippen LogP contribution is 2.46. The summed E-state index contributed by atoms with van der Waals surface area (Å²) in [5.74, 6) is 0.130. The summed E-state index contributed by atoms with van der Waals surface area (Å²) in [5, 5.41) is 7.04. The molecule has 2 N–H and O–H groups in total. The predicted octanol–water partition coefficient (Wildman–Crippen LogP) is 4.42. The van der Waals surface area contributed by atoms with E-state index in [1.54, 1.807) is 0 Å². The first-order valence-corrected chi connectivity index (χ1v) is 10.5. The fourth-order valence-electron chi connectivity index (χ4n) is 5.73. The van der Waals surface area contributed by atoms with Gasteiger partial charge in [-0.05, 0) is 53.4 Å². The van der Waals surface area contributed by atoms with Gasteiger partial charge < -0.3 is 15.4 Å². The predicted molar refractivity (Wildman–Crippen MR) is 101 cm³/mol. The first-order chi connectivity index (χ1) is 11.7. The molecule has 1 saturated carbocycles. The second-order valence-corrected chi connectivity index (χ2v) is 10.1. The summed E-state index contributed by atoms with van der Waals surface area (Å²) in [6.07, 6.45) is 13.6. The molecule has 2 spiro atoms. The second kappa shape index (κ2) is 6.84. The van der Waals surface area contributed by atoms with E-state index in [1.807, 2.05) is 0 Å². The molecule has 0 aromatic heterocycles. The van der Waals surface area contributed by atoms with Crippen molar-refractivity contribution in [1.29, 1.82) is 0 Å². The van der Waals surface area contributed by atoms with Gasteiger partial charge in [-0.15, -0.1) is 0 Å². The van der Waals surface area contributed by atoms with Gasteiger partial charge in [0.2, 0.25) is 0 Å². The van der Waals surface area contributed by atoms with Crippen molar-refractivity contribution in [2.24, 2.45) is 0 Å². The lowest BCUT2D eigenvalue weighted by Gasteiger charge is -2.50. The molecule has 0 radical (unpaired) electrons. The van der Waals surface area contributed by atoms with Crippen molar-refractivity contribution < 1.29 is 9.53 Å². The van der Waals surface area contributed by atoms with E-state index in [0.29, 0.717) is 0 Å². The van der Waals surface area contributed by atoms with Crippen LogP contribution in [0.15, 0.2) is 0 Å². The van der Waals surface area contributed by atoms with Gasteiger partial charge in [-0.3, -0.25) is 4.79 Å². The van der Waals surface area contributed by atoms with E-state index >= 15 is 0 Å². The number of carbonyl (C=O) groups is 1. The summed E-state index contributed by atoms with van der Waals surface area (Å²) < 4.78 is 6.77. The Balaban J connectivity index is 1.80. The van der Waals surface area contributed by atoms with Gasteiger partial charge in [0.15, 0.2) is 5.60 Å². The number of nitrogens with one attached hydrogen (secondary N) is 2. The van der Waals surface area contributed by atoms with Gasteiger partial charge in [0, 0.05) is 23.9 Å². The molecular formula is C21H38N2O2. The minimum Gasteiger partial charge on any atom is -0.339 e. The highest BCUT2D eigenvalue weighted by molar-refractivity contribution is 5.88. The van der Waals surface area contributed by atoms with E-state index in [1.165, 1.54) is 38.5 Å². The van der Waals surface area contributed by atoms with E-state index in [0.717, 1.165) is 38.5 Å². The number of piperidine rings is 1. The van der Waals surface area contributed by atoms with E-state index in [4.69, 9.17) is 4.74 Å². The van der Waals surface area contributed by atoms with Gasteiger partial charge in [0.25, 0.3) is 5.91 Å². The maximum absolute atomic E-state index is 13.2. The molecule has 0 atom stereocenters. The zero-order chi connectivity index (χ0) is 18.2. The van der Waals surface area contributed by atoms with Crippen molar-refractivity contribution in [3.63, 3.8) is 0 Å². The Bertz CT molecular complexity index is 470. The number of ether oxygens (including phenoxy) is 1. The summed E-state index contributed by atoms with van der Waals surface area (Å²) in [6.45, 7) is 8.76. The highest BCUT2D eigenvalue weighted by Gasteiger charge is 2.60. The smallest absolute Gasteiger partial charge is 0.254 e. The molecule has 3 fully saturated rings. The molecule has 3 aliphatic rings. The van der Waals surface area contributed by atoms with Crippen molar-refractivity contribution in [3.05, 3.63) is 0 Å². The first-order valence-electron chi connectivity index (χ1n) is 10.5. The topological polar surface area (TPSA) is 50.4 Å². The third-order valence-corrected chi connectivity index (χ3v) is 6.19. The number of amides is 1. The first kappa shape index (κ1) is 19.2. The van der Waals surface area contributed by atoms with E-state index in [2.05, 4.69) is 38.3 Å². The summed E-state index contributed by atoms with van der Waals surface area (Å²) >= 11 is 0. The van der Waals surface area contributed by atoms with E-state index in [-0.39, 0.29) is 17.0 Å². The van der Waals surface area contributed by atoms with E-state index < -0.39 is 11.3 Å². The molecule has 0 aromatic rings. The molecule has 4 nitrogen and oxygen atoms in total. The van der Waals surface area contributed by atoms with Crippen LogP contribution in [0, 0.1) is 0 Å². The maximum Gasteiger partial charge on any atom is 0.254 e. The van der Waals surface area contributed by atoms with Crippen molar-refractivity contribution in [3.8, 4) is 0 Å².